The molecule has 1 aromatic rings. The van der Waals surface area contributed by atoms with E-state index in [9.17, 15) is 0 Å². The van der Waals surface area contributed by atoms with E-state index in [0.717, 1.165) is 10.6 Å². The standard InChI is InChI=1S/C17H25ClN2/c18-16-12-15(5-4-14(16)13-19)20-10-8-17(9-11-20)6-2-1-3-7-17/h4-5,12H,1-3,6-11,13,19H2. The van der Waals surface area contributed by atoms with E-state index in [1.165, 1.54) is 63.7 Å². The van der Waals surface area contributed by atoms with E-state index in [-0.39, 0.29) is 0 Å². The molecular weight excluding hydrogens is 268 g/mol. The Hall–Kier alpha value is -0.730. The highest BCUT2D eigenvalue weighted by Gasteiger charge is 2.35. The molecule has 2 aliphatic rings. The topological polar surface area (TPSA) is 29.3 Å². The lowest BCUT2D eigenvalue weighted by atomic mass is 9.68. The van der Waals surface area contributed by atoms with Crippen LogP contribution in [0.4, 0.5) is 5.69 Å². The van der Waals surface area contributed by atoms with E-state index in [0.29, 0.717) is 12.0 Å². The van der Waals surface area contributed by atoms with Crippen molar-refractivity contribution >= 4 is 17.3 Å². The summed E-state index contributed by atoms with van der Waals surface area (Å²) in [7, 11) is 0. The van der Waals surface area contributed by atoms with Gasteiger partial charge >= 0.3 is 0 Å². The maximum absolute atomic E-state index is 6.28. The van der Waals surface area contributed by atoms with Crippen LogP contribution >= 0.6 is 11.6 Å². The van der Waals surface area contributed by atoms with Gasteiger partial charge in [-0.1, -0.05) is 36.9 Å². The molecule has 3 heteroatoms. The lowest BCUT2D eigenvalue weighted by Gasteiger charge is -2.45. The van der Waals surface area contributed by atoms with Gasteiger partial charge in [-0.25, -0.2) is 0 Å². The fraction of sp³-hybridized carbons (Fsp3) is 0.647. The average Bonchev–Trinajstić information content (AvgIpc) is 2.49. The predicted octanol–water partition coefficient (Wildman–Crippen LogP) is 4.35. The highest BCUT2D eigenvalue weighted by atomic mass is 35.5. The van der Waals surface area contributed by atoms with Gasteiger partial charge in [-0.05, 0) is 48.8 Å². The van der Waals surface area contributed by atoms with Gasteiger partial charge in [-0.15, -0.1) is 0 Å². The third kappa shape index (κ3) is 2.82. The Morgan fingerprint density at radius 1 is 1.05 bits per heavy atom. The molecule has 0 aromatic heterocycles. The number of piperidine rings is 1. The second-order valence-corrected chi connectivity index (χ2v) is 6.93. The third-order valence-electron chi connectivity index (χ3n) is 5.36. The van der Waals surface area contributed by atoms with E-state index in [2.05, 4.69) is 23.1 Å². The summed E-state index contributed by atoms with van der Waals surface area (Å²) in [5, 5.41) is 0.808. The number of benzene rings is 1. The van der Waals surface area contributed by atoms with E-state index >= 15 is 0 Å². The summed E-state index contributed by atoms with van der Waals surface area (Å²) in [4.78, 5) is 2.49. The Morgan fingerprint density at radius 3 is 2.35 bits per heavy atom. The van der Waals surface area contributed by atoms with Crippen molar-refractivity contribution in [1.29, 1.82) is 0 Å². The molecule has 1 spiro atoms. The number of nitrogens with zero attached hydrogens (tertiary/aromatic N) is 1. The minimum Gasteiger partial charge on any atom is -0.371 e. The minimum absolute atomic E-state index is 0.516. The lowest BCUT2D eigenvalue weighted by Crippen LogP contribution is -2.41. The monoisotopic (exact) mass is 292 g/mol. The molecule has 1 saturated carbocycles. The molecule has 1 aliphatic heterocycles. The summed E-state index contributed by atoms with van der Waals surface area (Å²) in [5.74, 6) is 0. The van der Waals surface area contributed by atoms with Crippen molar-refractivity contribution in [3.8, 4) is 0 Å². The van der Waals surface area contributed by atoms with Gasteiger partial charge in [0, 0.05) is 30.3 Å². The molecule has 0 amide bonds. The molecule has 1 aromatic carbocycles. The van der Waals surface area contributed by atoms with E-state index in [1.54, 1.807) is 0 Å². The van der Waals surface area contributed by atoms with Gasteiger partial charge in [0.05, 0.1) is 0 Å². The molecule has 1 heterocycles. The number of rotatable bonds is 2. The Kier molecular flexibility index (Phi) is 4.23. The summed E-state index contributed by atoms with van der Waals surface area (Å²) < 4.78 is 0. The zero-order valence-electron chi connectivity index (χ0n) is 12.2. The van der Waals surface area contributed by atoms with Crippen LogP contribution in [-0.4, -0.2) is 13.1 Å². The molecule has 110 valence electrons. The van der Waals surface area contributed by atoms with Gasteiger partial charge in [0.1, 0.15) is 0 Å². The number of halogens is 1. The summed E-state index contributed by atoms with van der Waals surface area (Å²) in [6, 6.07) is 6.33. The first-order valence-electron chi connectivity index (χ1n) is 7.96. The number of hydrogen-bond acceptors (Lipinski definition) is 2. The van der Waals surface area contributed by atoms with E-state index < -0.39 is 0 Å². The van der Waals surface area contributed by atoms with Crippen molar-refractivity contribution in [2.45, 2.75) is 51.5 Å². The molecule has 0 atom stereocenters. The van der Waals surface area contributed by atoms with Crippen molar-refractivity contribution < 1.29 is 0 Å². The second-order valence-electron chi connectivity index (χ2n) is 6.53. The van der Waals surface area contributed by atoms with Gasteiger partial charge in [0.15, 0.2) is 0 Å². The highest BCUT2D eigenvalue weighted by molar-refractivity contribution is 6.31. The first kappa shape index (κ1) is 14.2. The van der Waals surface area contributed by atoms with Crippen LogP contribution in [0, 0.1) is 5.41 Å². The molecular formula is C17H25ClN2. The molecule has 1 aliphatic carbocycles. The van der Waals surface area contributed by atoms with Crippen LogP contribution in [0.3, 0.4) is 0 Å². The molecule has 20 heavy (non-hydrogen) atoms. The van der Waals surface area contributed by atoms with Crippen molar-refractivity contribution in [2.24, 2.45) is 11.1 Å². The van der Waals surface area contributed by atoms with Crippen LogP contribution in [0.2, 0.25) is 5.02 Å². The molecule has 1 saturated heterocycles. The van der Waals surface area contributed by atoms with Crippen LogP contribution in [-0.2, 0) is 6.54 Å². The fourth-order valence-electron chi connectivity index (χ4n) is 3.94. The molecule has 0 radical (unpaired) electrons. The van der Waals surface area contributed by atoms with E-state index in [1.807, 2.05) is 0 Å². The number of anilines is 1. The van der Waals surface area contributed by atoms with Gasteiger partial charge < -0.3 is 10.6 Å². The Morgan fingerprint density at radius 2 is 1.75 bits per heavy atom. The van der Waals surface area contributed by atoms with Gasteiger partial charge in [-0.3, -0.25) is 0 Å². The van der Waals surface area contributed by atoms with Gasteiger partial charge in [0.25, 0.3) is 0 Å². The molecule has 0 bridgehead atoms. The number of hydrogen-bond donors (Lipinski definition) is 1. The van der Waals surface area contributed by atoms with Crippen molar-refractivity contribution in [3.05, 3.63) is 28.8 Å². The normalized spacial score (nSPS) is 22.2. The molecule has 2 nitrogen and oxygen atoms in total. The van der Waals surface area contributed by atoms with Crippen LogP contribution in [0.25, 0.3) is 0 Å². The molecule has 2 fully saturated rings. The molecule has 3 rings (SSSR count). The highest BCUT2D eigenvalue weighted by Crippen LogP contribution is 2.45. The van der Waals surface area contributed by atoms with Crippen molar-refractivity contribution in [3.63, 3.8) is 0 Å². The zero-order chi connectivity index (χ0) is 14.0. The predicted molar refractivity (Wildman–Crippen MR) is 86.3 cm³/mol. The Balaban J connectivity index is 1.67. The van der Waals surface area contributed by atoms with Crippen LogP contribution < -0.4 is 10.6 Å². The summed E-state index contributed by atoms with van der Waals surface area (Å²) in [6.07, 6.45) is 9.93. The first-order chi connectivity index (χ1) is 9.72. The van der Waals surface area contributed by atoms with Gasteiger partial charge in [-0.2, -0.15) is 0 Å². The second kappa shape index (κ2) is 5.95. The summed E-state index contributed by atoms with van der Waals surface area (Å²) >= 11 is 6.28. The minimum atomic E-state index is 0.516. The Labute approximate surface area is 127 Å². The van der Waals surface area contributed by atoms with Gasteiger partial charge in [0.2, 0.25) is 0 Å². The van der Waals surface area contributed by atoms with Crippen LogP contribution in [0.15, 0.2) is 18.2 Å². The SMILES string of the molecule is NCc1ccc(N2CCC3(CCCCC3)CC2)cc1Cl. The number of nitrogens with two attached hydrogens (primary N) is 1. The molecule has 0 unspecified atom stereocenters. The van der Waals surface area contributed by atoms with Crippen molar-refractivity contribution in [1.82, 2.24) is 0 Å². The van der Waals surface area contributed by atoms with Crippen molar-refractivity contribution in [2.75, 3.05) is 18.0 Å². The van der Waals surface area contributed by atoms with E-state index in [4.69, 9.17) is 17.3 Å². The Bertz CT molecular complexity index is 456. The third-order valence-corrected chi connectivity index (χ3v) is 5.71. The van der Waals surface area contributed by atoms with Crippen LogP contribution in [0.1, 0.15) is 50.5 Å². The zero-order valence-corrected chi connectivity index (χ0v) is 13.0. The fourth-order valence-corrected chi connectivity index (χ4v) is 4.19. The summed E-state index contributed by atoms with van der Waals surface area (Å²) in [6.45, 7) is 2.87. The first-order valence-corrected chi connectivity index (χ1v) is 8.34. The van der Waals surface area contributed by atoms with Crippen LogP contribution in [0.5, 0.6) is 0 Å². The smallest absolute Gasteiger partial charge is 0.0471 e. The quantitative estimate of drug-likeness (QED) is 0.878. The lowest BCUT2D eigenvalue weighted by molar-refractivity contribution is 0.144. The maximum Gasteiger partial charge on any atom is 0.0471 e. The average molecular weight is 293 g/mol. The maximum atomic E-state index is 6.28. The summed E-state index contributed by atoms with van der Waals surface area (Å²) in [5.41, 5.74) is 8.64. The largest absolute Gasteiger partial charge is 0.371 e. The molecule has 2 N–H and O–H groups in total.